The van der Waals surface area contributed by atoms with E-state index in [9.17, 15) is 4.79 Å². The largest absolute Gasteiger partial charge is 0.306 e. The number of nitrogens with zero attached hydrogens (tertiary/aromatic N) is 3. The molecule has 1 amide bonds. The van der Waals surface area contributed by atoms with E-state index in [1.807, 2.05) is 64.9 Å². The highest BCUT2D eigenvalue weighted by atomic mass is 32.2. The number of benzene rings is 1. The van der Waals surface area contributed by atoms with Gasteiger partial charge in [-0.2, -0.15) is 0 Å². The molecule has 136 valence electrons. The van der Waals surface area contributed by atoms with Gasteiger partial charge in [-0.3, -0.25) is 9.36 Å². The maximum atomic E-state index is 12.8. The Morgan fingerprint density at radius 3 is 2.81 bits per heavy atom. The molecule has 0 saturated heterocycles. The SMILES string of the molecule is CSc1ccccc1C(=O)Nc1cnc(C)n1-c1nc(-c2cccs2)cs1. The molecule has 0 bridgehead atoms. The van der Waals surface area contributed by atoms with Crippen LogP contribution in [0.2, 0.25) is 0 Å². The maximum absolute atomic E-state index is 12.8. The molecule has 8 heteroatoms. The summed E-state index contributed by atoms with van der Waals surface area (Å²) < 4.78 is 1.88. The number of thioether (sulfide) groups is 1. The Morgan fingerprint density at radius 2 is 2.04 bits per heavy atom. The number of amides is 1. The number of thiazole rings is 1. The van der Waals surface area contributed by atoms with E-state index in [0.717, 1.165) is 26.4 Å². The highest BCUT2D eigenvalue weighted by Gasteiger charge is 2.17. The number of thiophene rings is 1. The molecule has 0 saturated carbocycles. The predicted molar refractivity (Wildman–Crippen MR) is 113 cm³/mol. The van der Waals surface area contributed by atoms with Gasteiger partial charge in [-0.1, -0.05) is 18.2 Å². The third-order valence-corrected chi connectivity index (χ3v) is 6.50. The Labute approximate surface area is 169 Å². The molecule has 0 aliphatic heterocycles. The number of carbonyl (C=O) groups is 1. The number of hydrogen-bond acceptors (Lipinski definition) is 6. The highest BCUT2D eigenvalue weighted by molar-refractivity contribution is 7.98. The Kier molecular flexibility index (Phi) is 5.11. The zero-order valence-corrected chi connectivity index (χ0v) is 17.1. The number of nitrogens with one attached hydrogen (secondary N) is 1. The topological polar surface area (TPSA) is 59.8 Å². The Morgan fingerprint density at radius 1 is 1.19 bits per heavy atom. The first-order valence-electron chi connectivity index (χ1n) is 8.16. The third-order valence-electron chi connectivity index (χ3n) is 3.99. The minimum atomic E-state index is -0.156. The molecule has 0 aliphatic carbocycles. The lowest BCUT2D eigenvalue weighted by Gasteiger charge is -2.10. The van der Waals surface area contributed by atoms with Crippen LogP contribution in [0.25, 0.3) is 15.7 Å². The van der Waals surface area contributed by atoms with Crippen LogP contribution in [0.4, 0.5) is 5.82 Å². The molecule has 5 nitrogen and oxygen atoms in total. The maximum Gasteiger partial charge on any atom is 0.257 e. The average Bonchev–Trinajstić information content (AvgIpc) is 3.42. The molecule has 1 N–H and O–H groups in total. The standard InChI is InChI=1S/C19H16N4OS3/c1-12-20-10-17(22-18(24)13-6-3-4-7-15(13)25-2)23(12)19-21-14(11-27-19)16-8-5-9-26-16/h3-11H,1-2H3,(H,22,24). The average molecular weight is 413 g/mol. The molecule has 0 spiro atoms. The van der Waals surface area contributed by atoms with E-state index >= 15 is 0 Å². The lowest BCUT2D eigenvalue weighted by Crippen LogP contribution is -2.15. The summed E-state index contributed by atoms with van der Waals surface area (Å²) in [6.45, 7) is 1.90. The molecule has 0 radical (unpaired) electrons. The van der Waals surface area contributed by atoms with Gasteiger partial charge in [0.2, 0.25) is 0 Å². The van der Waals surface area contributed by atoms with Gasteiger partial charge in [0.25, 0.3) is 5.91 Å². The van der Waals surface area contributed by atoms with Gasteiger partial charge in [0.1, 0.15) is 11.6 Å². The van der Waals surface area contributed by atoms with Gasteiger partial charge in [-0.25, -0.2) is 9.97 Å². The fourth-order valence-electron chi connectivity index (χ4n) is 2.69. The summed E-state index contributed by atoms with van der Waals surface area (Å²) in [5.41, 5.74) is 1.58. The molecular weight excluding hydrogens is 396 g/mol. The van der Waals surface area contributed by atoms with E-state index in [4.69, 9.17) is 4.98 Å². The molecule has 4 rings (SSSR count). The number of aromatic nitrogens is 3. The number of hydrogen-bond donors (Lipinski definition) is 1. The fourth-order valence-corrected chi connectivity index (χ4v) is 4.93. The van der Waals surface area contributed by atoms with Crippen molar-refractivity contribution in [3.05, 3.63) is 64.7 Å². The van der Waals surface area contributed by atoms with E-state index in [1.54, 1.807) is 29.3 Å². The summed E-state index contributed by atoms with van der Waals surface area (Å²) in [6, 6.07) is 11.6. The second-order valence-electron chi connectivity index (χ2n) is 5.67. The van der Waals surface area contributed by atoms with Crippen LogP contribution in [0.1, 0.15) is 16.2 Å². The second-order valence-corrected chi connectivity index (χ2v) is 8.31. The van der Waals surface area contributed by atoms with Gasteiger partial charge in [-0.15, -0.1) is 34.4 Å². The quantitative estimate of drug-likeness (QED) is 0.450. The van der Waals surface area contributed by atoms with Crippen LogP contribution in [0.3, 0.4) is 0 Å². The van der Waals surface area contributed by atoms with Crippen molar-refractivity contribution >= 4 is 46.2 Å². The first kappa shape index (κ1) is 18.0. The van der Waals surface area contributed by atoms with E-state index in [2.05, 4.69) is 10.3 Å². The normalized spacial score (nSPS) is 10.9. The van der Waals surface area contributed by atoms with Crippen LogP contribution in [-0.2, 0) is 0 Å². The smallest absolute Gasteiger partial charge is 0.257 e. The molecule has 1 aromatic carbocycles. The highest BCUT2D eigenvalue weighted by Crippen LogP contribution is 2.30. The molecule has 0 unspecified atom stereocenters. The molecule has 4 aromatic rings. The molecule has 3 heterocycles. The monoisotopic (exact) mass is 412 g/mol. The summed E-state index contributed by atoms with van der Waals surface area (Å²) in [4.78, 5) is 23.9. The van der Waals surface area contributed by atoms with Crippen molar-refractivity contribution < 1.29 is 4.79 Å². The predicted octanol–water partition coefficient (Wildman–Crippen LogP) is 5.34. The molecule has 3 aromatic heterocycles. The number of imidazole rings is 1. The van der Waals surface area contributed by atoms with Gasteiger partial charge in [0.15, 0.2) is 5.13 Å². The van der Waals surface area contributed by atoms with Crippen molar-refractivity contribution in [3.8, 4) is 15.7 Å². The molecule has 0 aliphatic rings. The molecule has 0 atom stereocenters. The fraction of sp³-hybridized carbons (Fsp3) is 0.105. The lowest BCUT2D eigenvalue weighted by molar-refractivity contribution is 0.102. The molecule has 0 fully saturated rings. The van der Waals surface area contributed by atoms with Crippen LogP contribution in [0, 0.1) is 6.92 Å². The van der Waals surface area contributed by atoms with Crippen molar-refractivity contribution in [2.45, 2.75) is 11.8 Å². The first-order valence-corrected chi connectivity index (χ1v) is 11.1. The van der Waals surface area contributed by atoms with Crippen molar-refractivity contribution in [2.24, 2.45) is 0 Å². The second kappa shape index (κ2) is 7.67. The van der Waals surface area contributed by atoms with Gasteiger partial charge in [0, 0.05) is 10.3 Å². The van der Waals surface area contributed by atoms with Crippen LogP contribution >= 0.6 is 34.4 Å². The Bertz CT molecular complexity index is 1080. The number of aryl methyl sites for hydroxylation is 1. The zero-order chi connectivity index (χ0) is 18.8. The minimum absolute atomic E-state index is 0.156. The van der Waals surface area contributed by atoms with Gasteiger partial charge in [-0.05, 0) is 36.8 Å². The van der Waals surface area contributed by atoms with Gasteiger partial charge in [0.05, 0.1) is 22.3 Å². The zero-order valence-electron chi connectivity index (χ0n) is 14.7. The van der Waals surface area contributed by atoms with E-state index in [0.29, 0.717) is 11.4 Å². The van der Waals surface area contributed by atoms with Crippen molar-refractivity contribution in [3.63, 3.8) is 0 Å². The summed E-state index contributed by atoms with van der Waals surface area (Å²) in [5, 5.41) is 7.82. The summed E-state index contributed by atoms with van der Waals surface area (Å²) in [7, 11) is 0. The Balaban J connectivity index is 1.65. The lowest BCUT2D eigenvalue weighted by atomic mass is 10.2. The third kappa shape index (κ3) is 3.55. The number of anilines is 1. The minimum Gasteiger partial charge on any atom is -0.306 e. The molecular formula is C19H16N4OS3. The summed E-state index contributed by atoms with van der Waals surface area (Å²) in [6.07, 6.45) is 3.63. The van der Waals surface area contributed by atoms with E-state index in [-0.39, 0.29) is 5.91 Å². The van der Waals surface area contributed by atoms with Crippen LogP contribution < -0.4 is 5.32 Å². The van der Waals surface area contributed by atoms with Crippen molar-refractivity contribution in [1.82, 2.24) is 14.5 Å². The van der Waals surface area contributed by atoms with Crippen molar-refractivity contribution in [1.29, 1.82) is 0 Å². The summed E-state index contributed by atoms with van der Waals surface area (Å²) in [5.74, 6) is 1.23. The van der Waals surface area contributed by atoms with Gasteiger partial charge >= 0.3 is 0 Å². The first-order chi connectivity index (χ1) is 13.2. The van der Waals surface area contributed by atoms with E-state index in [1.165, 1.54) is 11.3 Å². The van der Waals surface area contributed by atoms with E-state index < -0.39 is 0 Å². The number of carbonyl (C=O) groups excluding carboxylic acids is 1. The Hall–Kier alpha value is -2.42. The van der Waals surface area contributed by atoms with Crippen LogP contribution in [-0.4, -0.2) is 26.7 Å². The number of rotatable bonds is 5. The summed E-state index contributed by atoms with van der Waals surface area (Å²) >= 11 is 4.73. The van der Waals surface area contributed by atoms with Crippen LogP contribution in [0.15, 0.2) is 58.3 Å². The van der Waals surface area contributed by atoms with Crippen LogP contribution in [0.5, 0.6) is 0 Å². The molecule has 27 heavy (non-hydrogen) atoms. The van der Waals surface area contributed by atoms with Gasteiger partial charge < -0.3 is 5.32 Å². The van der Waals surface area contributed by atoms with Crippen molar-refractivity contribution in [2.75, 3.05) is 11.6 Å².